The van der Waals surface area contributed by atoms with Gasteiger partial charge in [0.15, 0.2) is 0 Å². The van der Waals surface area contributed by atoms with Crippen LogP contribution in [0, 0.1) is 0 Å². The number of aromatic carboxylic acids is 8. The average molecular weight is 1530 g/mol. The molecule has 4 aromatic carbocycles. The van der Waals surface area contributed by atoms with Crippen molar-refractivity contribution in [3.63, 3.8) is 0 Å². The molecule has 18 N–H and O–H groups in total. The molecule has 7 aromatic rings. The fourth-order valence-electron chi connectivity index (χ4n) is 13.2. The van der Waals surface area contributed by atoms with E-state index in [9.17, 15) is 119 Å². The van der Waals surface area contributed by atoms with Crippen molar-refractivity contribution in [1.82, 2.24) is 19.9 Å². The summed E-state index contributed by atoms with van der Waals surface area (Å²) >= 11 is 0. The normalized spacial score (nSPS) is 12.1. The summed E-state index contributed by atoms with van der Waals surface area (Å²) in [4.78, 5) is 174. The van der Waals surface area contributed by atoms with Crippen LogP contribution in [0.4, 0.5) is 22.7 Å². The molecule has 32 nitrogen and oxygen atoms in total. The first-order valence-corrected chi connectivity index (χ1v) is 32.9. The summed E-state index contributed by atoms with van der Waals surface area (Å²) in [7, 11) is 0. The maximum atomic E-state index is 14.2. The van der Waals surface area contributed by atoms with E-state index < -0.39 is 127 Å². The minimum atomic E-state index is -1.83. The Kier molecular flexibility index (Phi) is 26.2. The van der Waals surface area contributed by atoms with E-state index in [2.05, 4.69) is 31.2 Å². The minimum absolute atomic E-state index is 0. The van der Waals surface area contributed by atoms with Gasteiger partial charge in [-0.1, -0.05) is 30.3 Å². The van der Waals surface area contributed by atoms with E-state index in [0.717, 1.165) is 0 Å². The number of carboxylic acid groups (broad SMARTS) is 12. The van der Waals surface area contributed by atoms with Gasteiger partial charge in [0.25, 0.3) is 0 Å². The summed E-state index contributed by atoms with van der Waals surface area (Å²) in [6, 6.07) is 15.2. The Morgan fingerprint density at radius 2 is 0.639 bits per heavy atom. The number of aliphatic carboxylic acids is 4. The number of aromatic nitrogens is 4. The molecule has 0 saturated heterocycles. The van der Waals surface area contributed by atoms with Gasteiger partial charge in [-0.05, 0) is 124 Å². The van der Waals surface area contributed by atoms with Crippen LogP contribution in [0.2, 0.25) is 0 Å². The summed E-state index contributed by atoms with van der Waals surface area (Å²) in [5.41, 5.74) is -11.1. The Bertz CT molecular complexity index is 5230. The summed E-state index contributed by atoms with van der Waals surface area (Å²) < 4.78 is 0. The van der Waals surface area contributed by atoms with E-state index in [0.29, 0.717) is 24.8 Å². The number of fused-ring (bicyclic) bond motifs is 8. The molecule has 552 valence electrons. The molecule has 0 saturated carbocycles. The monoisotopic (exact) mass is 1530 g/mol. The summed E-state index contributed by atoms with van der Waals surface area (Å²) in [5, 5.41) is 139. The Labute approximate surface area is 636 Å². The molecule has 108 heavy (non-hydrogen) atoms. The van der Waals surface area contributed by atoms with Gasteiger partial charge in [0, 0.05) is 147 Å². The van der Waals surface area contributed by atoms with Crippen LogP contribution in [0.25, 0.3) is 90.4 Å². The van der Waals surface area contributed by atoms with Crippen LogP contribution in [0.15, 0.2) is 84.4 Å². The Balaban J connectivity index is 0.00000735. The number of rotatable bonds is 33. The Hall–Kier alpha value is -12.7. The molecule has 0 fully saturated rings. The standard InChI is InChI=1S/C74H66N8O24.Fe.Mg/c83-50(84)10-4-28-75-39-18-14-34(58(67(91)92)62(39)71(99)100)54-43-22-23-44(79-43)55(35-15-19-40(76-29-5-11-51(85)86)63(72(101)102)59(35)68(93)94)46-26-27-48(81-46)57(37-17-21-42(78-31-7-13-53(89)90)65(74(105)106)61(37)70(97)98)66-38(33-8-2-1-3-9-33)32-49(82-66)56(47-25-24-45(54)80-47)36-16-20-41(77-30-6-12-52(87)88)64(73(103)104)60(36)69(95)96;;/h8,14-27,32,75-78,80-81H,1-7,9-13,28-31H2,(H,83,84)(H,85,86)(H,87,88)(H,89,90)(H,91,92)(H,93,94)(H,95,96)(H,97,98)(H,99,100)(H,101,102)(H,103,104)(H,105,106);;/q;2*+2. The van der Waals surface area contributed by atoms with E-state index in [4.69, 9.17) is 9.97 Å². The SMILES string of the molecule is O=C(O)CCCNc1ccc(-c2c3nc(c(-c4ccc(NCCCC(=O)O)c(C(=O)O)c4C(=O)O)c4ccc([nH]4)c(-c4ccc(NCCCC(=O)O)c(C(=O)O)c4C(=O)O)c4nc(c(-c5ccc(NCCCC(=O)O)c(C(=O)O)c5C(=O)O)c5ccc2[nH]5)C=C4C2=CCCCC2)C=C3)c(C(=O)O)c1C(=O)O.[Fe+2].[Mg+2]. The molecule has 5 heterocycles. The van der Waals surface area contributed by atoms with E-state index >= 15 is 0 Å². The molecule has 8 bridgehead atoms. The van der Waals surface area contributed by atoms with Crippen molar-refractivity contribution in [2.24, 2.45) is 0 Å². The first-order chi connectivity index (χ1) is 50.6. The molecular weight excluding hydrogens is 1460 g/mol. The second-order valence-corrected chi connectivity index (χ2v) is 24.4. The minimum Gasteiger partial charge on any atom is -0.481 e. The van der Waals surface area contributed by atoms with E-state index in [1.165, 1.54) is 91.0 Å². The fraction of sp³-hybridized carbons (Fsp3) is 0.216. The maximum absolute atomic E-state index is 14.2. The topological polar surface area (TPSA) is 553 Å². The molecule has 34 heteroatoms. The van der Waals surface area contributed by atoms with Gasteiger partial charge in [0.1, 0.15) is 0 Å². The first kappa shape index (κ1) is 81.0. The zero-order chi connectivity index (χ0) is 76.5. The molecule has 0 atom stereocenters. The molecule has 3 aliphatic rings. The summed E-state index contributed by atoms with van der Waals surface area (Å²) in [5.74, 6) is -19.2. The zero-order valence-corrected chi connectivity index (χ0v) is 59.3. The second kappa shape index (κ2) is 35.0. The maximum Gasteiger partial charge on any atom is 2.00 e. The average Bonchev–Trinajstić information content (AvgIpc) is 1.55. The summed E-state index contributed by atoms with van der Waals surface area (Å²) in [6.45, 7) is -0.662. The third kappa shape index (κ3) is 17.3. The smallest absolute Gasteiger partial charge is 0.481 e. The van der Waals surface area contributed by atoms with Crippen LogP contribution in [0.5, 0.6) is 0 Å². The number of aromatic amines is 2. The molecule has 0 amide bonds. The second-order valence-electron chi connectivity index (χ2n) is 24.4. The number of anilines is 4. The van der Waals surface area contributed by atoms with Crippen LogP contribution < -0.4 is 21.3 Å². The van der Waals surface area contributed by atoms with Crippen LogP contribution in [-0.4, -0.2) is 202 Å². The van der Waals surface area contributed by atoms with Crippen molar-refractivity contribution in [2.75, 3.05) is 47.4 Å². The predicted molar refractivity (Wildman–Crippen MR) is 389 cm³/mol. The van der Waals surface area contributed by atoms with Gasteiger partial charge in [-0.15, -0.1) is 0 Å². The van der Waals surface area contributed by atoms with Crippen molar-refractivity contribution in [3.05, 3.63) is 152 Å². The van der Waals surface area contributed by atoms with Crippen molar-refractivity contribution >= 4 is 163 Å². The molecule has 0 spiro atoms. The van der Waals surface area contributed by atoms with Gasteiger partial charge in [-0.25, -0.2) is 48.3 Å². The van der Waals surface area contributed by atoms with Gasteiger partial charge < -0.3 is 92.5 Å². The predicted octanol–water partition coefficient (Wildman–Crippen LogP) is 11.5. The van der Waals surface area contributed by atoms with Crippen LogP contribution in [0.3, 0.4) is 0 Å². The van der Waals surface area contributed by atoms with Crippen LogP contribution in [0.1, 0.15) is 183 Å². The first-order valence-electron chi connectivity index (χ1n) is 32.9. The zero-order valence-electron chi connectivity index (χ0n) is 56.8. The Morgan fingerprint density at radius 3 is 0.917 bits per heavy atom. The van der Waals surface area contributed by atoms with E-state index in [-0.39, 0.29) is 231 Å². The van der Waals surface area contributed by atoms with Gasteiger partial charge in [-0.3, -0.25) is 19.2 Å². The molecule has 0 radical (unpaired) electrons. The van der Waals surface area contributed by atoms with E-state index in [1.54, 1.807) is 0 Å². The Morgan fingerprint density at radius 1 is 0.352 bits per heavy atom. The number of nitrogens with zero attached hydrogens (tertiary/aromatic N) is 2. The van der Waals surface area contributed by atoms with Crippen LogP contribution >= 0.6 is 0 Å². The number of H-pyrrole nitrogens is 2. The van der Waals surface area contributed by atoms with Gasteiger partial charge in [-0.2, -0.15) is 0 Å². The van der Waals surface area contributed by atoms with Gasteiger partial charge >= 0.3 is 112 Å². The fourth-order valence-corrected chi connectivity index (χ4v) is 13.2. The molecule has 2 aliphatic heterocycles. The number of nitrogens with one attached hydrogen (secondary N) is 6. The molecule has 10 rings (SSSR count). The molecule has 3 aromatic heterocycles. The quantitative estimate of drug-likeness (QED) is 0.0134. The number of hydrogen-bond donors (Lipinski definition) is 18. The molecule has 0 unspecified atom stereocenters. The van der Waals surface area contributed by atoms with E-state index in [1.807, 2.05) is 6.08 Å². The van der Waals surface area contributed by atoms with Crippen molar-refractivity contribution in [1.29, 1.82) is 0 Å². The van der Waals surface area contributed by atoms with Gasteiger partial charge in [0.05, 0.1) is 67.3 Å². The van der Waals surface area contributed by atoms with Crippen molar-refractivity contribution in [3.8, 4) is 44.5 Å². The molecule has 1 aliphatic carbocycles. The summed E-state index contributed by atoms with van der Waals surface area (Å²) in [6.07, 6.45) is 6.23. The largest absolute Gasteiger partial charge is 2.00 e. The number of hydrogen-bond acceptors (Lipinski definition) is 18. The van der Waals surface area contributed by atoms with Crippen molar-refractivity contribution in [2.45, 2.75) is 77.0 Å². The number of carboxylic acids is 12. The third-order valence-corrected chi connectivity index (χ3v) is 17.6. The number of benzene rings is 4. The number of carbonyl (C=O) groups is 12. The number of allylic oxidation sites excluding steroid dienone is 3. The van der Waals surface area contributed by atoms with Gasteiger partial charge in [0.2, 0.25) is 0 Å². The molecular formula is C74H66FeMgN8O24+4. The third-order valence-electron chi connectivity index (χ3n) is 17.6. The van der Waals surface area contributed by atoms with Crippen molar-refractivity contribution < 1.29 is 136 Å². The van der Waals surface area contributed by atoms with Crippen LogP contribution in [-0.2, 0) is 36.2 Å².